The van der Waals surface area contributed by atoms with E-state index >= 15 is 0 Å². The summed E-state index contributed by atoms with van der Waals surface area (Å²) < 4.78 is 0. The molecule has 110 valence electrons. The maximum atomic E-state index is 11.9. The fourth-order valence-electron chi connectivity index (χ4n) is 1.94. The summed E-state index contributed by atoms with van der Waals surface area (Å²) in [5, 5.41) is 11.3. The van der Waals surface area contributed by atoms with Crippen LogP contribution < -0.4 is 5.32 Å². The van der Waals surface area contributed by atoms with E-state index in [-0.39, 0.29) is 12.3 Å². The normalized spacial score (nSPS) is 10.5. The minimum atomic E-state index is -0.787. The number of aromatic nitrogens is 2. The van der Waals surface area contributed by atoms with Crippen molar-refractivity contribution in [1.29, 1.82) is 0 Å². The van der Waals surface area contributed by atoms with Gasteiger partial charge in [0, 0.05) is 13.0 Å². The number of fused-ring (bicyclic) bond motifs is 1. The summed E-state index contributed by atoms with van der Waals surface area (Å²) in [7, 11) is 0. The van der Waals surface area contributed by atoms with E-state index in [2.05, 4.69) is 15.3 Å². The largest absolute Gasteiger partial charge is 0.481 e. The zero-order valence-corrected chi connectivity index (χ0v) is 11.6. The van der Waals surface area contributed by atoms with E-state index in [1.54, 1.807) is 0 Å². The van der Waals surface area contributed by atoms with Crippen LogP contribution in [0.3, 0.4) is 0 Å². The molecule has 0 aliphatic heterocycles. The van der Waals surface area contributed by atoms with Gasteiger partial charge in [-0.3, -0.25) is 14.6 Å². The molecule has 6 nitrogen and oxygen atoms in total. The number of rotatable bonds is 7. The monoisotopic (exact) mass is 287 g/mol. The molecule has 0 aliphatic rings. The van der Waals surface area contributed by atoms with Crippen LogP contribution in [0.15, 0.2) is 30.5 Å². The number of hydrogen-bond acceptors (Lipinski definition) is 4. The molecular weight excluding hydrogens is 270 g/mol. The Balaban J connectivity index is 1.80. The number of aliphatic carboxylic acids is 1. The lowest BCUT2D eigenvalue weighted by Crippen LogP contribution is -2.25. The van der Waals surface area contributed by atoms with Crippen molar-refractivity contribution < 1.29 is 14.7 Å². The van der Waals surface area contributed by atoms with Crippen LogP contribution in [0.5, 0.6) is 0 Å². The number of benzene rings is 1. The van der Waals surface area contributed by atoms with Crippen molar-refractivity contribution in [1.82, 2.24) is 15.3 Å². The molecule has 1 heterocycles. The van der Waals surface area contributed by atoms with Crippen LogP contribution in [0.4, 0.5) is 0 Å². The molecule has 0 saturated heterocycles. The molecule has 6 heteroatoms. The van der Waals surface area contributed by atoms with Gasteiger partial charge in [0.15, 0.2) is 0 Å². The summed E-state index contributed by atoms with van der Waals surface area (Å²) in [6, 6.07) is 7.37. The summed E-state index contributed by atoms with van der Waals surface area (Å²) in [6.07, 6.45) is 3.78. The van der Waals surface area contributed by atoms with Crippen LogP contribution in [0.2, 0.25) is 0 Å². The third-order valence-corrected chi connectivity index (χ3v) is 3.03. The maximum Gasteiger partial charge on any atom is 0.303 e. The molecule has 1 aromatic carbocycles. The average molecular weight is 287 g/mol. The SMILES string of the molecule is O=C(O)CCCCCNC(=O)c1cnc2ccccc2n1. The Morgan fingerprint density at radius 2 is 1.86 bits per heavy atom. The molecule has 2 rings (SSSR count). The molecular formula is C15H17N3O3. The Kier molecular flexibility index (Phi) is 5.20. The molecule has 0 saturated carbocycles. The van der Waals surface area contributed by atoms with Crippen LogP contribution in [0, 0.1) is 0 Å². The molecule has 21 heavy (non-hydrogen) atoms. The molecule has 0 radical (unpaired) electrons. The Morgan fingerprint density at radius 1 is 1.10 bits per heavy atom. The molecule has 0 atom stereocenters. The first-order valence-electron chi connectivity index (χ1n) is 6.88. The second-order valence-electron chi connectivity index (χ2n) is 4.70. The van der Waals surface area contributed by atoms with E-state index in [0.717, 1.165) is 18.4 Å². The molecule has 0 fully saturated rings. The summed E-state index contributed by atoms with van der Waals surface area (Å²) >= 11 is 0. The molecule has 0 spiro atoms. The maximum absolute atomic E-state index is 11.9. The highest BCUT2D eigenvalue weighted by molar-refractivity contribution is 5.93. The second-order valence-corrected chi connectivity index (χ2v) is 4.70. The molecule has 2 aromatic rings. The number of nitrogens with one attached hydrogen (secondary N) is 1. The van der Waals surface area contributed by atoms with Crippen molar-refractivity contribution in [2.45, 2.75) is 25.7 Å². The Bertz CT molecular complexity index is 643. The van der Waals surface area contributed by atoms with Crippen molar-refractivity contribution >= 4 is 22.9 Å². The van der Waals surface area contributed by atoms with Gasteiger partial charge in [-0.1, -0.05) is 18.6 Å². The fourth-order valence-corrected chi connectivity index (χ4v) is 1.94. The minimum Gasteiger partial charge on any atom is -0.481 e. The van der Waals surface area contributed by atoms with E-state index in [9.17, 15) is 9.59 Å². The van der Waals surface area contributed by atoms with Gasteiger partial charge in [0.25, 0.3) is 5.91 Å². The lowest BCUT2D eigenvalue weighted by Gasteiger charge is -2.05. The summed E-state index contributed by atoms with van der Waals surface area (Å²) in [6.45, 7) is 0.507. The molecule has 0 bridgehead atoms. The first-order valence-corrected chi connectivity index (χ1v) is 6.88. The molecule has 1 aromatic heterocycles. The number of hydrogen-bond donors (Lipinski definition) is 2. The molecule has 2 N–H and O–H groups in total. The second kappa shape index (κ2) is 7.33. The third kappa shape index (κ3) is 4.52. The van der Waals surface area contributed by atoms with Crippen molar-refractivity contribution in [3.8, 4) is 0 Å². The number of carboxylic acid groups (broad SMARTS) is 1. The van der Waals surface area contributed by atoms with Gasteiger partial charge in [-0.15, -0.1) is 0 Å². The van der Waals surface area contributed by atoms with Gasteiger partial charge in [-0.2, -0.15) is 0 Å². The smallest absolute Gasteiger partial charge is 0.303 e. The summed E-state index contributed by atoms with van der Waals surface area (Å²) in [5.41, 5.74) is 1.73. The van der Waals surface area contributed by atoms with Crippen LogP contribution in [-0.2, 0) is 4.79 Å². The summed E-state index contributed by atoms with van der Waals surface area (Å²) in [4.78, 5) is 30.7. The van der Waals surface area contributed by atoms with Crippen LogP contribution in [-0.4, -0.2) is 33.5 Å². The van der Waals surface area contributed by atoms with Crippen LogP contribution in [0.1, 0.15) is 36.2 Å². The fraction of sp³-hybridized carbons (Fsp3) is 0.333. The van der Waals surface area contributed by atoms with E-state index in [1.165, 1.54) is 6.20 Å². The number of carboxylic acids is 1. The van der Waals surface area contributed by atoms with Gasteiger partial charge in [-0.25, -0.2) is 4.98 Å². The highest BCUT2D eigenvalue weighted by Crippen LogP contribution is 2.08. The lowest BCUT2D eigenvalue weighted by molar-refractivity contribution is -0.137. The zero-order valence-electron chi connectivity index (χ0n) is 11.6. The Hall–Kier alpha value is -2.50. The van der Waals surface area contributed by atoms with Crippen LogP contribution >= 0.6 is 0 Å². The number of carbonyl (C=O) groups excluding carboxylic acids is 1. The third-order valence-electron chi connectivity index (χ3n) is 3.03. The standard InChI is InChI=1S/C15H17N3O3/c19-14(20)8-2-1-5-9-16-15(21)13-10-17-11-6-3-4-7-12(11)18-13/h3-4,6-7,10H,1-2,5,8-9H2,(H,16,21)(H,19,20). The van der Waals surface area contributed by atoms with Gasteiger partial charge < -0.3 is 10.4 Å². The predicted octanol–water partition coefficient (Wildman–Crippen LogP) is 2.00. The molecule has 1 amide bonds. The number of carbonyl (C=O) groups is 2. The van der Waals surface area contributed by atoms with Gasteiger partial charge in [0.1, 0.15) is 5.69 Å². The Labute approximate surface area is 122 Å². The van der Waals surface area contributed by atoms with Crippen molar-refractivity contribution in [2.75, 3.05) is 6.54 Å². The average Bonchev–Trinajstić information content (AvgIpc) is 2.49. The van der Waals surface area contributed by atoms with Gasteiger partial charge in [0.2, 0.25) is 0 Å². The van der Waals surface area contributed by atoms with Crippen molar-refractivity contribution in [2.24, 2.45) is 0 Å². The van der Waals surface area contributed by atoms with E-state index in [1.807, 2.05) is 24.3 Å². The van der Waals surface area contributed by atoms with Crippen LogP contribution in [0.25, 0.3) is 11.0 Å². The number of unbranched alkanes of at least 4 members (excludes halogenated alkanes) is 2. The predicted molar refractivity (Wildman–Crippen MR) is 78.0 cm³/mol. The highest BCUT2D eigenvalue weighted by atomic mass is 16.4. The number of para-hydroxylation sites is 2. The lowest BCUT2D eigenvalue weighted by atomic mass is 10.2. The highest BCUT2D eigenvalue weighted by Gasteiger charge is 2.08. The summed E-state index contributed by atoms with van der Waals surface area (Å²) in [5.74, 6) is -1.04. The van der Waals surface area contributed by atoms with E-state index < -0.39 is 5.97 Å². The van der Waals surface area contributed by atoms with Gasteiger partial charge in [0.05, 0.1) is 17.2 Å². The Morgan fingerprint density at radius 3 is 2.62 bits per heavy atom. The molecule has 0 aliphatic carbocycles. The van der Waals surface area contributed by atoms with E-state index in [4.69, 9.17) is 5.11 Å². The number of amides is 1. The van der Waals surface area contributed by atoms with Gasteiger partial charge in [-0.05, 0) is 25.0 Å². The minimum absolute atomic E-state index is 0.171. The quantitative estimate of drug-likeness (QED) is 0.760. The van der Waals surface area contributed by atoms with Crippen molar-refractivity contribution in [3.63, 3.8) is 0 Å². The zero-order chi connectivity index (χ0) is 15.1. The first kappa shape index (κ1) is 14.9. The first-order chi connectivity index (χ1) is 10.2. The van der Waals surface area contributed by atoms with Gasteiger partial charge >= 0.3 is 5.97 Å². The topological polar surface area (TPSA) is 92.2 Å². The molecule has 0 unspecified atom stereocenters. The van der Waals surface area contributed by atoms with E-state index in [0.29, 0.717) is 24.2 Å². The van der Waals surface area contributed by atoms with Crippen molar-refractivity contribution in [3.05, 3.63) is 36.2 Å². The number of nitrogens with zero attached hydrogens (tertiary/aromatic N) is 2.